The van der Waals surface area contributed by atoms with Crippen LogP contribution in [0.3, 0.4) is 0 Å². The number of rotatable bonds is 7. The Morgan fingerprint density at radius 1 is 1.00 bits per heavy atom. The van der Waals surface area contributed by atoms with Gasteiger partial charge >= 0.3 is 0 Å². The van der Waals surface area contributed by atoms with Crippen LogP contribution in [0.2, 0.25) is 5.02 Å². The fourth-order valence-electron chi connectivity index (χ4n) is 4.64. The molecule has 0 fully saturated rings. The zero-order valence-electron chi connectivity index (χ0n) is 17.9. The molecule has 1 aromatic heterocycles. The van der Waals surface area contributed by atoms with Gasteiger partial charge in [0.1, 0.15) is 0 Å². The third kappa shape index (κ3) is 3.84. The highest BCUT2D eigenvalue weighted by Gasteiger charge is 2.50. The van der Waals surface area contributed by atoms with Crippen LogP contribution in [-0.4, -0.2) is 28.3 Å². The number of aryl methyl sites for hydroxylation is 1. The van der Waals surface area contributed by atoms with Gasteiger partial charge < -0.3 is 15.0 Å². The minimum absolute atomic E-state index is 0.307. The van der Waals surface area contributed by atoms with Crippen LogP contribution < -0.4 is 4.90 Å². The number of carbonyl (C=O) groups excluding carboxylic acids is 2. The molecule has 0 aliphatic carbocycles. The lowest BCUT2D eigenvalue weighted by atomic mass is 9.88. The number of benzene rings is 3. The summed E-state index contributed by atoms with van der Waals surface area (Å²) in [4.78, 5) is 31.2. The lowest BCUT2D eigenvalue weighted by molar-refractivity contribution is -0.135. The first-order valence-corrected chi connectivity index (χ1v) is 11.3. The minimum Gasteiger partial charge on any atom is -0.375 e. The van der Waals surface area contributed by atoms with Crippen molar-refractivity contribution in [1.82, 2.24) is 4.98 Å². The summed E-state index contributed by atoms with van der Waals surface area (Å²) < 4.78 is 0. The number of ketones is 1. The van der Waals surface area contributed by atoms with E-state index in [1.807, 2.05) is 36.5 Å². The summed E-state index contributed by atoms with van der Waals surface area (Å²) in [5.74, 6) is -0.761. The average Bonchev–Trinajstić information content (AvgIpc) is 3.33. The quantitative estimate of drug-likeness (QED) is 0.371. The van der Waals surface area contributed by atoms with Crippen molar-refractivity contribution in [2.24, 2.45) is 0 Å². The molecule has 0 spiro atoms. The Labute approximate surface area is 196 Å². The van der Waals surface area contributed by atoms with Crippen molar-refractivity contribution in [3.8, 4) is 0 Å². The van der Waals surface area contributed by atoms with E-state index in [9.17, 15) is 14.7 Å². The van der Waals surface area contributed by atoms with E-state index in [4.69, 9.17) is 11.6 Å². The van der Waals surface area contributed by atoms with Crippen LogP contribution in [0.5, 0.6) is 0 Å². The van der Waals surface area contributed by atoms with E-state index < -0.39 is 11.5 Å². The number of nitrogens with one attached hydrogen (secondary N) is 1. The van der Waals surface area contributed by atoms with Gasteiger partial charge in [0.2, 0.25) is 0 Å². The number of fused-ring (bicyclic) bond motifs is 2. The van der Waals surface area contributed by atoms with Crippen molar-refractivity contribution < 1.29 is 14.7 Å². The normalized spacial score (nSPS) is 17.5. The van der Waals surface area contributed by atoms with Crippen molar-refractivity contribution in [1.29, 1.82) is 0 Å². The predicted octanol–water partition coefficient (Wildman–Crippen LogP) is 5.26. The van der Waals surface area contributed by atoms with Gasteiger partial charge in [0.15, 0.2) is 11.4 Å². The van der Waals surface area contributed by atoms with Crippen LogP contribution in [0.1, 0.15) is 34.3 Å². The molecule has 2 heterocycles. The zero-order valence-corrected chi connectivity index (χ0v) is 18.7. The van der Waals surface area contributed by atoms with Crippen LogP contribution in [0.25, 0.3) is 10.9 Å². The first-order valence-electron chi connectivity index (χ1n) is 10.9. The summed E-state index contributed by atoms with van der Waals surface area (Å²) in [6.07, 6.45) is 3.20. The van der Waals surface area contributed by atoms with Crippen molar-refractivity contribution in [3.63, 3.8) is 0 Å². The first-order chi connectivity index (χ1) is 16.0. The highest BCUT2D eigenvalue weighted by Crippen LogP contribution is 2.43. The number of aromatic amines is 1. The first kappa shape index (κ1) is 21.4. The monoisotopic (exact) mass is 458 g/mol. The van der Waals surface area contributed by atoms with Crippen molar-refractivity contribution in [2.75, 3.05) is 11.4 Å². The summed E-state index contributed by atoms with van der Waals surface area (Å²) in [7, 11) is 0. The van der Waals surface area contributed by atoms with Crippen molar-refractivity contribution >= 4 is 39.9 Å². The number of hydrogen-bond acceptors (Lipinski definition) is 3. The molecule has 1 aliphatic heterocycles. The fourth-order valence-corrected chi connectivity index (χ4v) is 4.76. The largest absolute Gasteiger partial charge is 0.375 e. The number of para-hydroxylation sites is 2. The Balaban J connectivity index is 1.35. The number of nitrogens with zero attached hydrogens (tertiary/aromatic N) is 1. The average molecular weight is 459 g/mol. The van der Waals surface area contributed by atoms with Gasteiger partial charge in [0.25, 0.3) is 5.91 Å². The van der Waals surface area contributed by atoms with Gasteiger partial charge in [-0.05, 0) is 54.8 Å². The zero-order chi connectivity index (χ0) is 23.0. The molecule has 6 heteroatoms. The molecule has 33 heavy (non-hydrogen) atoms. The van der Waals surface area contributed by atoms with Crippen LogP contribution in [0, 0.1) is 0 Å². The number of Topliss-reactive ketones (excluding diaryl/α,β-unsaturated/α-hetero) is 1. The highest BCUT2D eigenvalue weighted by molar-refractivity contribution is 6.30. The number of hydrogen-bond donors (Lipinski definition) is 2. The van der Waals surface area contributed by atoms with E-state index in [0.29, 0.717) is 28.4 Å². The van der Waals surface area contributed by atoms with E-state index in [2.05, 4.69) is 11.1 Å². The summed E-state index contributed by atoms with van der Waals surface area (Å²) in [6, 6.07) is 21.8. The Morgan fingerprint density at radius 3 is 2.55 bits per heavy atom. The molecule has 3 aromatic carbocycles. The Bertz CT molecular complexity index is 1350. The molecule has 5 nitrogen and oxygen atoms in total. The van der Waals surface area contributed by atoms with E-state index in [-0.39, 0.29) is 12.2 Å². The van der Waals surface area contributed by atoms with E-state index in [1.165, 1.54) is 10.9 Å². The van der Waals surface area contributed by atoms with E-state index >= 15 is 0 Å². The number of anilines is 1. The Kier molecular flexibility index (Phi) is 5.52. The van der Waals surface area contributed by atoms with Gasteiger partial charge in [-0.15, -0.1) is 0 Å². The molecule has 1 amide bonds. The maximum atomic E-state index is 13.4. The van der Waals surface area contributed by atoms with Gasteiger partial charge in [-0.1, -0.05) is 48.0 Å². The number of H-pyrrole nitrogens is 1. The highest BCUT2D eigenvalue weighted by atomic mass is 35.5. The fraction of sp³-hybridized carbons (Fsp3) is 0.185. The van der Waals surface area contributed by atoms with Crippen molar-refractivity contribution in [3.05, 3.63) is 101 Å². The van der Waals surface area contributed by atoms with Crippen molar-refractivity contribution in [2.45, 2.75) is 24.9 Å². The van der Waals surface area contributed by atoms with Crippen LogP contribution in [0.15, 0.2) is 79.0 Å². The molecule has 2 N–H and O–H groups in total. The topological polar surface area (TPSA) is 73.4 Å². The molecule has 166 valence electrons. The third-order valence-corrected chi connectivity index (χ3v) is 6.58. The van der Waals surface area contributed by atoms with Gasteiger partial charge in [-0.2, -0.15) is 0 Å². The molecule has 4 aromatic rings. The smallest absolute Gasteiger partial charge is 0.264 e. The molecule has 0 saturated heterocycles. The molecule has 0 radical (unpaired) electrons. The number of carbonyl (C=O) groups is 2. The Morgan fingerprint density at radius 2 is 1.73 bits per heavy atom. The molecule has 5 rings (SSSR count). The molecule has 1 atom stereocenters. The second-order valence-electron chi connectivity index (χ2n) is 8.40. The lowest BCUT2D eigenvalue weighted by Gasteiger charge is -2.23. The summed E-state index contributed by atoms with van der Waals surface area (Å²) in [5, 5.41) is 13.1. The second kappa shape index (κ2) is 8.50. The van der Waals surface area contributed by atoms with Gasteiger partial charge in [0, 0.05) is 39.8 Å². The van der Waals surface area contributed by atoms with E-state index in [1.54, 1.807) is 41.3 Å². The third-order valence-electron chi connectivity index (χ3n) is 6.32. The summed E-state index contributed by atoms with van der Waals surface area (Å²) in [6.45, 7) is 0.451. The summed E-state index contributed by atoms with van der Waals surface area (Å²) >= 11 is 5.92. The standard InChI is InChI=1S/C27H23ClN2O3/c28-20-13-11-18(12-14-20)25(31)16-27(33)22-8-2-4-10-24(22)30(26(27)32)15-5-6-19-17-29-23-9-3-1-7-21(19)23/h1-4,7-14,17,29,33H,5-6,15-16H2. The van der Waals surface area contributed by atoms with Gasteiger partial charge in [-0.25, -0.2) is 0 Å². The maximum absolute atomic E-state index is 13.4. The molecule has 0 saturated carbocycles. The molecule has 0 bridgehead atoms. The SMILES string of the molecule is O=C(CC1(O)C(=O)N(CCCc2c[nH]c3ccccc23)c2ccccc21)c1ccc(Cl)cc1. The number of amides is 1. The number of aliphatic hydroxyl groups is 1. The van der Waals surface area contributed by atoms with Gasteiger partial charge in [-0.3, -0.25) is 9.59 Å². The number of aromatic nitrogens is 1. The lowest BCUT2D eigenvalue weighted by Crippen LogP contribution is -2.42. The van der Waals surface area contributed by atoms with Crippen LogP contribution in [-0.2, 0) is 16.8 Å². The molecular weight excluding hydrogens is 436 g/mol. The molecule has 1 aliphatic rings. The Hall–Kier alpha value is -3.41. The minimum atomic E-state index is -1.88. The molecule has 1 unspecified atom stereocenters. The molecular formula is C27H23ClN2O3. The van der Waals surface area contributed by atoms with Crippen LogP contribution in [0.4, 0.5) is 5.69 Å². The van der Waals surface area contributed by atoms with E-state index in [0.717, 1.165) is 18.4 Å². The predicted molar refractivity (Wildman–Crippen MR) is 130 cm³/mol. The summed E-state index contributed by atoms with van der Waals surface area (Å²) in [5.41, 5.74) is 1.95. The number of halogens is 1. The van der Waals surface area contributed by atoms with Gasteiger partial charge in [0.05, 0.1) is 12.1 Å². The second-order valence-corrected chi connectivity index (χ2v) is 8.84. The van der Waals surface area contributed by atoms with Crippen LogP contribution >= 0.6 is 11.6 Å². The maximum Gasteiger partial charge on any atom is 0.264 e.